The van der Waals surface area contributed by atoms with E-state index in [0.29, 0.717) is 11.1 Å². The number of benzene rings is 1. The average molecular weight is 229 g/mol. The molecule has 0 bridgehead atoms. The van der Waals surface area contributed by atoms with Crippen molar-refractivity contribution < 1.29 is 5.11 Å². The second-order valence-electron chi connectivity index (χ2n) is 3.44. The van der Waals surface area contributed by atoms with Crippen LogP contribution in [0.1, 0.15) is 11.1 Å². The zero-order valence-electron chi connectivity index (χ0n) is 8.88. The zero-order chi connectivity index (χ0) is 12.4. The molecule has 0 radical (unpaired) electrons. The van der Waals surface area contributed by atoms with Gasteiger partial charge in [-0.05, 0) is 24.3 Å². The zero-order valence-corrected chi connectivity index (χ0v) is 8.88. The van der Waals surface area contributed by atoms with E-state index in [-0.39, 0.29) is 23.1 Å². The predicted molar refractivity (Wildman–Crippen MR) is 64.9 cm³/mol. The highest BCUT2D eigenvalue weighted by Gasteiger charge is 2.13. The van der Waals surface area contributed by atoms with Crippen molar-refractivity contribution in [2.75, 3.05) is 11.5 Å². The molecule has 86 valence electrons. The first-order valence-corrected chi connectivity index (χ1v) is 4.84. The van der Waals surface area contributed by atoms with Crippen LogP contribution in [-0.2, 0) is 0 Å². The molecule has 6 heteroatoms. The maximum atomic E-state index is 9.17. The summed E-state index contributed by atoms with van der Waals surface area (Å²) in [5.41, 5.74) is 12.3. The van der Waals surface area contributed by atoms with Crippen LogP contribution in [0.5, 0.6) is 5.75 Å². The topological polar surface area (TPSA) is 122 Å². The largest absolute Gasteiger partial charge is 0.508 e. The van der Waals surface area contributed by atoms with Crippen molar-refractivity contribution in [3.05, 3.63) is 41.7 Å². The molecule has 6 N–H and O–H groups in total. The Bertz CT molecular complexity index is 544. The van der Waals surface area contributed by atoms with Gasteiger partial charge in [-0.25, -0.2) is 9.97 Å². The van der Waals surface area contributed by atoms with Gasteiger partial charge in [0.1, 0.15) is 23.7 Å². The van der Waals surface area contributed by atoms with E-state index >= 15 is 0 Å². The smallest absolute Gasteiger partial charge is 0.138 e. The molecule has 17 heavy (non-hydrogen) atoms. The normalized spacial score (nSPS) is 10.1. The van der Waals surface area contributed by atoms with Crippen LogP contribution in [0.25, 0.3) is 0 Å². The molecular formula is C11H11N5O. The van der Waals surface area contributed by atoms with Crippen molar-refractivity contribution in [2.45, 2.75) is 0 Å². The number of phenols is 1. The number of nitrogens with two attached hydrogens (primary N) is 2. The SMILES string of the molecule is N=C(c1ccc(O)cc1)c1c(N)ncnc1N. The minimum Gasteiger partial charge on any atom is -0.508 e. The minimum atomic E-state index is 0.126. The molecule has 2 aromatic rings. The van der Waals surface area contributed by atoms with Crippen LogP contribution in [0.3, 0.4) is 0 Å². The van der Waals surface area contributed by atoms with Crippen LogP contribution < -0.4 is 11.5 Å². The van der Waals surface area contributed by atoms with Crippen molar-refractivity contribution in [2.24, 2.45) is 0 Å². The van der Waals surface area contributed by atoms with Gasteiger partial charge in [-0.3, -0.25) is 5.41 Å². The number of rotatable bonds is 2. The summed E-state index contributed by atoms with van der Waals surface area (Å²) in [4.78, 5) is 7.60. The molecule has 0 aliphatic heterocycles. The molecule has 2 rings (SSSR count). The summed E-state index contributed by atoms with van der Waals surface area (Å²) in [5.74, 6) is 0.456. The molecule has 0 fully saturated rings. The van der Waals surface area contributed by atoms with E-state index in [0.717, 1.165) is 0 Å². The van der Waals surface area contributed by atoms with Gasteiger partial charge in [-0.15, -0.1) is 0 Å². The van der Waals surface area contributed by atoms with Crippen molar-refractivity contribution in [3.8, 4) is 5.75 Å². The molecule has 0 atom stereocenters. The Kier molecular flexibility index (Phi) is 2.61. The van der Waals surface area contributed by atoms with E-state index in [1.807, 2.05) is 0 Å². The van der Waals surface area contributed by atoms with Gasteiger partial charge >= 0.3 is 0 Å². The molecule has 0 aliphatic rings. The number of hydrogen-bond donors (Lipinski definition) is 4. The lowest BCUT2D eigenvalue weighted by molar-refractivity contribution is 0.475. The molecule has 1 aromatic heterocycles. The number of nitrogens with zero attached hydrogens (tertiary/aromatic N) is 2. The minimum absolute atomic E-state index is 0.126. The molecule has 0 saturated heterocycles. The monoisotopic (exact) mass is 229 g/mol. The number of hydrogen-bond acceptors (Lipinski definition) is 6. The molecule has 0 saturated carbocycles. The van der Waals surface area contributed by atoms with Gasteiger partial charge in [0.15, 0.2) is 0 Å². The van der Waals surface area contributed by atoms with Crippen molar-refractivity contribution in [3.63, 3.8) is 0 Å². The summed E-state index contributed by atoms with van der Waals surface area (Å²) in [7, 11) is 0. The maximum Gasteiger partial charge on any atom is 0.138 e. The third kappa shape index (κ3) is 2.00. The lowest BCUT2D eigenvalue weighted by Gasteiger charge is -2.08. The van der Waals surface area contributed by atoms with E-state index in [1.165, 1.54) is 18.5 Å². The lowest BCUT2D eigenvalue weighted by Crippen LogP contribution is -2.11. The molecule has 6 nitrogen and oxygen atoms in total. The second kappa shape index (κ2) is 4.09. The fourth-order valence-corrected chi connectivity index (χ4v) is 1.44. The Hall–Kier alpha value is -2.63. The third-order valence-corrected chi connectivity index (χ3v) is 2.31. The van der Waals surface area contributed by atoms with Gasteiger partial charge in [0.05, 0.1) is 11.3 Å². The number of nitrogen functional groups attached to an aromatic ring is 2. The molecule has 0 unspecified atom stereocenters. The van der Waals surface area contributed by atoms with E-state index in [1.54, 1.807) is 12.1 Å². The maximum absolute atomic E-state index is 9.17. The highest BCUT2D eigenvalue weighted by molar-refractivity contribution is 6.15. The quantitative estimate of drug-likeness (QED) is 0.566. The van der Waals surface area contributed by atoms with Gasteiger partial charge in [-0.1, -0.05) is 0 Å². The summed E-state index contributed by atoms with van der Waals surface area (Å²) in [6, 6.07) is 6.17. The third-order valence-electron chi connectivity index (χ3n) is 2.31. The van der Waals surface area contributed by atoms with Gasteiger partial charge in [0.2, 0.25) is 0 Å². The lowest BCUT2D eigenvalue weighted by atomic mass is 10.0. The first kappa shape index (κ1) is 10.9. The van der Waals surface area contributed by atoms with Crippen LogP contribution in [0.15, 0.2) is 30.6 Å². The standard InChI is InChI=1S/C11H11N5O/c12-9(6-1-3-7(17)4-2-6)8-10(13)15-5-16-11(8)14/h1-5,12,17H,(H4,13,14,15,16). The van der Waals surface area contributed by atoms with E-state index in [9.17, 15) is 5.11 Å². The Morgan fingerprint density at radius 1 is 1.06 bits per heavy atom. The van der Waals surface area contributed by atoms with Crippen LogP contribution in [0, 0.1) is 5.41 Å². The van der Waals surface area contributed by atoms with E-state index in [4.69, 9.17) is 16.9 Å². The Labute approximate surface area is 97.5 Å². The summed E-state index contributed by atoms with van der Waals surface area (Å²) in [6.45, 7) is 0. The highest BCUT2D eigenvalue weighted by atomic mass is 16.3. The molecule has 0 spiro atoms. The first-order chi connectivity index (χ1) is 8.09. The number of aromatic hydroxyl groups is 1. The first-order valence-electron chi connectivity index (χ1n) is 4.84. The molecule has 0 aliphatic carbocycles. The molecule has 1 aromatic carbocycles. The van der Waals surface area contributed by atoms with E-state index in [2.05, 4.69) is 9.97 Å². The average Bonchev–Trinajstić information content (AvgIpc) is 2.29. The van der Waals surface area contributed by atoms with E-state index < -0.39 is 0 Å². The molecule has 0 amide bonds. The number of anilines is 2. The Balaban J connectivity index is 2.47. The van der Waals surface area contributed by atoms with Crippen molar-refractivity contribution in [1.29, 1.82) is 5.41 Å². The number of phenolic OH excluding ortho intramolecular Hbond substituents is 1. The van der Waals surface area contributed by atoms with Crippen LogP contribution in [-0.4, -0.2) is 20.8 Å². The number of nitrogens with one attached hydrogen (secondary N) is 1. The summed E-state index contributed by atoms with van der Waals surface area (Å²) in [6.07, 6.45) is 1.25. The van der Waals surface area contributed by atoms with Gasteiger partial charge in [-0.2, -0.15) is 0 Å². The van der Waals surface area contributed by atoms with Gasteiger partial charge in [0, 0.05) is 5.56 Å². The highest BCUT2D eigenvalue weighted by Crippen LogP contribution is 2.20. The Morgan fingerprint density at radius 2 is 1.59 bits per heavy atom. The molecular weight excluding hydrogens is 218 g/mol. The summed E-state index contributed by atoms with van der Waals surface area (Å²) in [5, 5.41) is 17.2. The van der Waals surface area contributed by atoms with Crippen molar-refractivity contribution >= 4 is 17.3 Å². The second-order valence-corrected chi connectivity index (χ2v) is 3.44. The van der Waals surface area contributed by atoms with Crippen molar-refractivity contribution in [1.82, 2.24) is 9.97 Å². The number of aromatic nitrogens is 2. The fourth-order valence-electron chi connectivity index (χ4n) is 1.44. The summed E-state index contributed by atoms with van der Waals surface area (Å²) >= 11 is 0. The van der Waals surface area contributed by atoms with Crippen LogP contribution in [0.4, 0.5) is 11.6 Å². The van der Waals surface area contributed by atoms with Crippen LogP contribution in [0.2, 0.25) is 0 Å². The Morgan fingerprint density at radius 3 is 2.12 bits per heavy atom. The predicted octanol–water partition coefficient (Wildman–Crippen LogP) is 0.763. The molecule has 1 heterocycles. The van der Waals surface area contributed by atoms with Gasteiger partial charge in [0.25, 0.3) is 0 Å². The van der Waals surface area contributed by atoms with Gasteiger partial charge < -0.3 is 16.6 Å². The van der Waals surface area contributed by atoms with Crippen LogP contribution >= 0.6 is 0 Å². The fraction of sp³-hybridized carbons (Fsp3) is 0. The summed E-state index contributed by atoms with van der Waals surface area (Å²) < 4.78 is 0.